The van der Waals surface area contributed by atoms with Crippen LogP contribution in [0.15, 0.2) is 48.0 Å². The summed E-state index contributed by atoms with van der Waals surface area (Å²) in [6.07, 6.45) is -5.90. The van der Waals surface area contributed by atoms with Crippen molar-refractivity contribution in [2.24, 2.45) is 0 Å². The molecule has 0 fully saturated rings. The van der Waals surface area contributed by atoms with Gasteiger partial charge in [0.15, 0.2) is 0 Å². The van der Waals surface area contributed by atoms with Crippen LogP contribution in [0.3, 0.4) is 0 Å². The van der Waals surface area contributed by atoms with E-state index in [1.807, 2.05) is 30.3 Å². The number of rotatable bonds is 5. The van der Waals surface area contributed by atoms with Gasteiger partial charge in [-0.3, -0.25) is 0 Å². The fourth-order valence-corrected chi connectivity index (χ4v) is 2.93. The van der Waals surface area contributed by atoms with Gasteiger partial charge in [-0.1, -0.05) is 30.3 Å². The zero-order valence-corrected chi connectivity index (χ0v) is 14.4. The highest BCUT2D eigenvalue weighted by Gasteiger charge is 2.48. The summed E-state index contributed by atoms with van der Waals surface area (Å²) in [4.78, 5) is 11.3. The lowest BCUT2D eigenvalue weighted by atomic mass is 9.97. The van der Waals surface area contributed by atoms with Gasteiger partial charge in [-0.25, -0.2) is 4.79 Å². The average Bonchev–Trinajstić information content (AvgIpc) is 2.61. The number of carboxylic acids is 1. The second-order valence-corrected chi connectivity index (χ2v) is 6.04. The maximum Gasteiger partial charge on any atom is 0.430 e. The maximum atomic E-state index is 13.2. The van der Waals surface area contributed by atoms with Crippen LogP contribution in [0.1, 0.15) is 23.6 Å². The second-order valence-electron chi connectivity index (χ2n) is 6.04. The van der Waals surface area contributed by atoms with E-state index in [0.717, 1.165) is 11.6 Å². The van der Waals surface area contributed by atoms with Gasteiger partial charge >= 0.3 is 12.1 Å². The molecule has 0 saturated carbocycles. The number of halogens is 3. The summed E-state index contributed by atoms with van der Waals surface area (Å²) in [5.74, 6) is -1.21. The quantitative estimate of drug-likeness (QED) is 0.834. The Kier molecular flexibility index (Phi) is 5.12. The predicted octanol–water partition coefficient (Wildman–Crippen LogP) is 4.47. The molecule has 3 rings (SSSR count). The van der Waals surface area contributed by atoms with Gasteiger partial charge in [-0.2, -0.15) is 13.2 Å². The molecule has 1 N–H and O–H groups in total. The highest BCUT2D eigenvalue weighted by molar-refractivity contribution is 5.95. The summed E-state index contributed by atoms with van der Waals surface area (Å²) in [7, 11) is 0. The van der Waals surface area contributed by atoms with Crippen molar-refractivity contribution in [3.8, 4) is 11.5 Å². The molecule has 1 atom stereocenters. The number of fused-ring (bicyclic) bond motifs is 1. The Morgan fingerprint density at radius 2 is 1.93 bits per heavy atom. The first kappa shape index (κ1) is 18.8. The van der Waals surface area contributed by atoms with Gasteiger partial charge in [-0.15, -0.1) is 0 Å². The lowest BCUT2D eigenvalue weighted by molar-refractivity contribution is -0.187. The largest absolute Gasteiger partial charge is 0.494 e. The molecule has 7 heteroatoms. The van der Waals surface area contributed by atoms with Gasteiger partial charge in [0.2, 0.25) is 6.10 Å². The summed E-state index contributed by atoms with van der Waals surface area (Å²) in [5.41, 5.74) is 1.01. The van der Waals surface area contributed by atoms with Gasteiger partial charge in [0.1, 0.15) is 11.5 Å². The van der Waals surface area contributed by atoms with Crippen molar-refractivity contribution in [1.29, 1.82) is 0 Å². The van der Waals surface area contributed by atoms with Crippen LogP contribution in [0.25, 0.3) is 6.08 Å². The molecule has 0 radical (unpaired) electrons. The number of carbonyl (C=O) groups is 1. The Labute approximate surface area is 153 Å². The van der Waals surface area contributed by atoms with E-state index in [0.29, 0.717) is 24.3 Å². The SMILES string of the molecule is CCOc1cc2c(cc1Cc1ccccc1)OC(C(F)(F)F)C(C(=O)O)=C2. The lowest BCUT2D eigenvalue weighted by Crippen LogP contribution is -2.40. The van der Waals surface area contributed by atoms with Crippen LogP contribution in [0.5, 0.6) is 11.5 Å². The minimum atomic E-state index is -4.83. The predicted molar refractivity (Wildman–Crippen MR) is 92.9 cm³/mol. The van der Waals surface area contributed by atoms with E-state index < -0.39 is 23.8 Å². The summed E-state index contributed by atoms with van der Waals surface area (Å²) in [6.45, 7) is 2.16. The van der Waals surface area contributed by atoms with E-state index in [2.05, 4.69) is 0 Å². The monoisotopic (exact) mass is 378 g/mol. The van der Waals surface area contributed by atoms with Crippen molar-refractivity contribution in [2.45, 2.75) is 25.6 Å². The Morgan fingerprint density at radius 3 is 2.52 bits per heavy atom. The minimum Gasteiger partial charge on any atom is -0.494 e. The highest BCUT2D eigenvalue weighted by Crippen LogP contribution is 2.40. The molecule has 0 saturated heterocycles. The van der Waals surface area contributed by atoms with E-state index in [-0.39, 0.29) is 11.3 Å². The third kappa shape index (κ3) is 4.07. The number of carboxylic acid groups (broad SMARTS) is 1. The van der Waals surface area contributed by atoms with Gasteiger partial charge < -0.3 is 14.6 Å². The van der Waals surface area contributed by atoms with Crippen molar-refractivity contribution in [2.75, 3.05) is 6.61 Å². The van der Waals surface area contributed by atoms with Crippen LogP contribution in [0, 0.1) is 0 Å². The number of aliphatic carboxylic acids is 1. The van der Waals surface area contributed by atoms with Crippen LogP contribution in [-0.2, 0) is 11.2 Å². The first-order valence-electron chi connectivity index (χ1n) is 8.31. The molecular weight excluding hydrogens is 361 g/mol. The molecule has 2 aromatic rings. The zero-order chi connectivity index (χ0) is 19.6. The number of ether oxygens (including phenoxy) is 2. The van der Waals surface area contributed by atoms with Crippen LogP contribution in [-0.4, -0.2) is 30.0 Å². The molecule has 27 heavy (non-hydrogen) atoms. The normalized spacial score (nSPS) is 16.1. The Hall–Kier alpha value is -2.96. The molecule has 0 spiro atoms. The van der Waals surface area contributed by atoms with Crippen LogP contribution < -0.4 is 9.47 Å². The first-order chi connectivity index (χ1) is 12.8. The fraction of sp³-hybridized carbons (Fsp3) is 0.250. The maximum absolute atomic E-state index is 13.2. The summed E-state index contributed by atoms with van der Waals surface area (Å²) in [5, 5.41) is 9.14. The van der Waals surface area contributed by atoms with Crippen LogP contribution in [0.2, 0.25) is 0 Å². The Bertz CT molecular complexity index is 873. The molecule has 2 aromatic carbocycles. The smallest absolute Gasteiger partial charge is 0.430 e. The van der Waals surface area contributed by atoms with E-state index >= 15 is 0 Å². The topological polar surface area (TPSA) is 55.8 Å². The van der Waals surface area contributed by atoms with Crippen LogP contribution >= 0.6 is 0 Å². The van der Waals surface area contributed by atoms with Gasteiger partial charge in [0.25, 0.3) is 0 Å². The van der Waals surface area contributed by atoms with Crippen molar-refractivity contribution in [1.82, 2.24) is 0 Å². The van der Waals surface area contributed by atoms with E-state index in [1.54, 1.807) is 6.92 Å². The van der Waals surface area contributed by atoms with Crippen molar-refractivity contribution < 1.29 is 32.5 Å². The second kappa shape index (κ2) is 7.34. The van der Waals surface area contributed by atoms with Crippen LogP contribution in [0.4, 0.5) is 13.2 Å². The molecule has 0 amide bonds. The third-order valence-corrected chi connectivity index (χ3v) is 4.11. The molecule has 1 aliphatic heterocycles. The van der Waals surface area contributed by atoms with Gasteiger partial charge in [0.05, 0.1) is 12.2 Å². The average molecular weight is 378 g/mol. The zero-order valence-electron chi connectivity index (χ0n) is 14.4. The third-order valence-electron chi connectivity index (χ3n) is 4.11. The number of hydrogen-bond acceptors (Lipinski definition) is 3. The Balaban J connectivity index is 2.06. The summed E-state index contributed by atoms with van der Waals surface area (Å²) >= 11 is 0. The molecule has 0 aromatic heterocycles. The van der Waals surface area contributed by atoms with Gasteiger partial charge in [0, 0.05) is 17.5 Å². The van der Waals surface area contributed by atoms with Crippen molar-refractivity contribution >= 4 is 12.0 Å². The molecule has 0 aliphatic carbocycles. The van der Waals surface area contributed by atoms with Crippen molar-refractivity contribution in [3.05, 3.63) is 64.7 Å². The molecule has 4 nitrogen and oxygen atoms in total. The van der Waals surface area contributed by atoms with Crippen molar-refractivity contribution in [3.63, 3.8) is 0 Å². The number of hydrogen-bond donors (Lipinski definition) is 1. The number of alkyl halides is 3. The highest BCUT2D eigenvalue weighted by atomic mass is 19.4. The molecular formula is C20H17F3O4. The van der Waals surface area contributed by atoms with E-state index in [4.69, 9.17) is 14.6 Å². The minimum absolute atomic E-state index is 0.0169. The summed E-state index contributed by atoms with van der Waals surface area (Å²) < 4.78 is 50.4. The number of benzene rings is 2. The van der Waals surface area contributed by atoms with Gasteiger partial charge in [-0.05, 0) is 30.7 Å². The molecule has 1 unspecified atom stereocenters. The van der Waals surface area contributed by atoms with E-state index in [9.17, 15) is 18.0 Å². The van der Waals surface area contributed by atoms with E-state index in [1.165, 1.54) is 12.1 Å². The fourth-order valence-electron chi connectivity index (χ4n) is 2.93. The molecule has 142 valence electrons. The summed E-state index contributed by atoms with van der Waals surface area (Å²) in [6, 6.07) is 12.4. The first-order valence-corrected chi connectivity index (χ1v) is 8.31. The molecule has 0 bridgehead atoms. The Morgan fingerprint density at radius 1 is 1.22 bits per heavy atom. The lowest BCUT2D eigenvalue weighted by Gasteiger charge is -2.28. The molecule has 1 heterocycles. The standard InChI is InChI=1S/C20H17F3O4/c1-2-26-16-10-14-9-15(19(24)25)18(20(21,22)23)27-17(14)11-13(16)8-12-6-4-3-5-7-12/h3-7,9-11,18H,2,8H2,1H3,(H,24,25). The molecule has 1 aliphatic rings.